The third kappa shape index (κ3) is 2.88. The lowest BCUT2D eigenvalue weighted by Crippen LogP contribution is -2.30. The first-order chi connectivity index (χ1) is 8.66. The quantitative estimate of drug-likeness (QED) is 0.644. The molecule has 0 aliphatic rings. The molecule has 0 bridgehead atoms. The van der Waals surface area contributed by atoms with Gasteiger partial charge in [0.1, 0.15) is 5.75 Å². The summed E-state index contributed by atoms with van der Waals surface area (Å²) in [6.45, 7) is 2.04. The standard InChI is InChI=1S/C15H16N2O/c1-12-8-10-13(11-9-12)17(2)15(16)18-14-6-4-3-5-7-14/h3-11,16H,1-2H3. The number of aryl methyl sites for hydroxylation is 1. The van der Waals surface area contributed by atoms with E-state index in [1.54, 1.807) is 4.90 Å². The normalized spacial score (nSPS) is 9.89. The van der Waals surface area contributed by atoms with Crippen molar-refractivity contribution in [3.63, 3.8) is 0 Å². The molecule has 0 saturated carbocycles. The molecule has 0 amide bonds. The van der Waals surface area contributed by atoms with Gasteiger partial charge in [0, 0.05) is 12.7 Å². The van der Waals surface area contributed by atoms with Crippen LogP contribution in [0.25, 0.3) is 0 Å². The highest BCUT2D eigenvalue weighted by molar-refractivity contribution is 5.90. The number of para-hydroxylation sites is 1. The molecule has 0 aliphatic heterocycles. The van der Waals surface area contributed by atoms with Crippen molar-refractivity contribution < 1.29 is 4.74 Å². The lowest BCUT2D eigenvalue weighted by atomic mass is 10.2. The van der Waals surface area contributed by atoms with Crippen molar-refractivity contribution in [1.82, 2.24) is 0 Å². The number of hydrogen-bond acceptors (Lipinski definition) is 2. The molecule has 3 nitrogen and oxygen atoms in total. The molecular formula is C15H16N2O. The molecule has 0 aromatic heterocycles. The summed E-state index contributed by atoms with van der Waals surface area (Å²) in [5, 5.41) is 7.93. The molecule has 18 heavy (non-hydrogen) atoms. The molecule has 0 radical (unpaired) electrons. The van der Waals surface area contributed by atoms with Gasteiger partial charge in [0.05, 0.1) is 0 Å². The molecule has 0 aliphatic carbocycles. The van der Waals surface area contributed by atoms with E-state index in [-0.39, 0.29) is 6.02 Å². The summed E-state index contributed by atoms with van der Waals surface area (Å²) in [5.74, 6) is 0.668. The molecule has 0 saturated heterocycles. The van der Waals surface area contributed by atoms with Crippen LogP contribution in [0.15, 0.2) is 54.6 Å². The number of nitrogens with zero attached hydrogens (tertiary/aromatic N) is 1. The van der Waals surface area contributed by atoms with Crippen molar-refractivity contribution in [2.75, 3.05) is 11.9 Å². The van der Waals surface area contributed by atoms with Crippen molar-refractivity contribution in [3.8, 4) is 5.75 Å². The first-order valence-corrected chi connectivity index (χ1v) is 5.78. The van der Waals surface area contributed by atoms with Crippen LogP contribution in [0.4, 0.5) is 5.69 Å². The predicted molar refractivity (Wildman–Crippen MR) is 74.4 cm³/mol. The summed E-state index contributed by atoms with van der Waals surface area (Å²) >= 11 is 0. The molecule has 1 N–H and O–H groups in total. The number of benzene rings is 2. The molecular weight excluding hydrogens is 224 g/mol. The van der Waals surface area contributed by atoms with Crippen LogP contribution in [0.5, 0.6) is 5.75 Å². The van der Waals surface area contributed by atoms with Crippen LogP contribution >= 0.6 is 0 Å². The van der Waals surface area contributed by atoms with E-state index in [1.165, 1.54) is 5.56 Å². The van der Waals surface area contributed by atoms with Gasteiger partial charge in [-0.2, -0.15) is 0 Å². The third-order valence-corrected chi connectivity index (χ3v) is 2.68. The van der Waals surface area contributed by atoms with Gasteiger partial charge in [-0.1, -0.05) is 35.9 Å². The van der Waals surface area contributed by atoms with E-state index in [2.05, 4.69) is 0 Å². The number of nitrogens with one attached hydrogen (secondary N) is 1. The van der Waals surface area contributed by atoms with Crippen molar-refractivity contribution in [3.05, 3.63) is 60.2 Å². The third-order valence-electron chi connectivity index (χ3n) is 2.68. The van der Waals surface area contributed by atoms with Crippen LogP contribution < -0.4 is 9.64 Å². The second-order valence-corrected chi connectivity index (χ2v) is 4.11. The Bertz CT molecular complexity index is 520. The highest BCUT2D eigenvalue weighted by Gasteiger charge is 2.08. The van der Waals surface area contributed by atoms with Gasteiger partial charge in [-0.3, -0.25) is 10.3 Å². The maximum Gasteiger partial charge on any atom is 0.294 e. The molecule has 0 unspecified atom stereocenters. The van der Waals surface area contributed by atoms with Gasteiger partial charge in [-0.15, -0.1) is 0 Å². The summed E-state index contributed by atoms with van der Waals surface area (Å²) in [6.07, 6.45) is 0. The maximum atomic E-state index is 7.93. The summed E-state index contributed by atoms with van der Waals surface area (Å²) in [5.41, 5.74) is 2.13. The Balaban J connectivity index is 2.07. The minimum absolute atomic E-state index is 0.102. The topological polar surface area (TPSA) is 36.3 Å². The second kappa shape index (κ2) is 5.36. The van der Waals surface area contributed by atoms with Crippen molar-refractivity contribution >= 4 is 11.7 Å². The fraction of sp³-hybridized carbons (Fsp3) is 0.133. The van der Waals surface area contributed by atoms with Gasteiger partial charge < -0.3 is 4.74 Å². The van der Waals surface area contributed by atoms with Gasteiger partial charge in [-0.25, -0.2) is 0 Å². The zero-order chi connectivity index (χ0) is 13.0. The molecule has 2 rings (SSSR count). The molecule has 2 aromatic rings. The minimum Gasteiger partial charge on any atom is -0.426 e. The molecule has 3 heteroatoms. The maximum absolute atomic E-state index is 7.93. The Morgan fingerprint density at radius 3 is 2.22 bits per heavy atom. The molecule has 0 spiro atoms. The van der Waals surface area contributed by atoms with Gasteiger partial charge >= 0.3 is 0 Å². The number of ether oxygens (including phenoxy) is 1. The molecule has 92 valence electrons. The number of anilines is 1. The Kier molecular flexibility index (Phi) is 3.63. The fourth-order valence-corrected chi connectivity index (χ4v) is 1.55. The largest absolute Gasteiger partial charge is 0.426 e. The summed E-state index contributed by atoms with van der Waals surface area (Å²) in [7, 11) is 1.82. The van der Waals surface area contributed by atoms with E-state index in [9.17, 15) is 0 Å². The molecule has 0 heterocycles. The van der Waals surface area contributed by atoms with E-state index in [4.69, 9.17) is 10.1 Å². The van der Waals surface area contributed by atoms with Crippen LogP contribution in [0.1, 0.15) is 5.56 Å². The highest BCUT2D eigenvalue weighted by atomic mass is 16.5. The first kappa shape index (κ1) is 12.2. The Morgan fingerprint density at radius 2 is 1.61 bits per heavy atom. The summed E-state index contributed by atoms with van der Waals surface area (Å²) in [4.78, 5) is 1.70. The van der Waals surface area contributed by atoms with E-state index < -0.39 is 0 Å². The fourth-order valence-electron chi connectivity index (χ4n) is 1.55. The first-order valence-electron chi connectivity index (χ1n) is 5.78. The number of rotatable bonds is 2. The molecule has 0 fully saturated rings. The zero-order valence-corrected chi connectivity index (χ0v) is 10.6. The van der Waals surface area contributed by atoms with E-state index in [0.717, 1.165) is 5.69 Å². The lowest BCUT2D eigenvalue weighted by molar-refractivity contribution is 0.531. The van der Waals surface area contributed by atoms with E-state index in [0.29, 0.717) is 5.75 Å². The van der Waals surface area contributed by atoms with Crippen molar-refractivity contribution in [2.24, 2.45) is 0 Å². The minimum atomic E-state index is 0.102. The molecule has 2 aromatic carbocycles. The summed E-state index contributed by atoms with van der Waals surface area (Å²) < 4.78 is 5.47. The Hall–Kier alpha value is -2.29. The Labute approximate surface area is 107 Å². The average Bonchev–Trinajstić information content (AvgIpc) is 2.40. The zero-order valence-electron chi connectivity index (χ0n) is 10.6. The molecule has 0 atom stereocenters. The van der Waals surface area contributed by atoms with Crippen LogP contribution in [0, 0.1) is 12.3 Å². The average molecular weight is 240 g/mol. The van der Waals surface area contributed by atoms with Crippen LogP contribution in [-0.4, -0.2) is 13.1 Å². The van der Waals surface area contributed by atoms with Crippen LogP contribution in [0.3, 0.4) is 0 Å². The van der Waals surface area contributed by atoms with E-state index >= 15 is 0 Å². The van der Waals surface area contributed by atoms with Gasteiger partial charge in [0.25, 0.3) is 6.02 Å². The second-order valence-electron chi connectivity index (χ2n) is 4.11. The monoisotopic (exact) mass is 240 g/mol. The lowest BCUT2D eigenvalue weighted by Gasteiger charge is -2.19. The Morgan fingerprint density at radius 1 is 1.00 bits per heavy atom. The van der Waals surface area contributed by atoms with Crippen molar-refractivity contribution in [2.45, 2.75) is 6.92 Å². The van der Waals surface area contributed by atoms with Gasteiger partial charge in [0.2, 0.25) is 0 Å². The predicted octanol–water partition coefficient (Wildman–Crippen LogP) is 3.44. The smallest absolute Gasteiger partial charge is 0.294 e. The van der Waals surface area contributed by atoms with E-state index in [1.807, 2.05) is 68.6 Å². The van der Waals surface area contributed by atoms with Crippen molar-refractivity contribution in [1.29, 1.82) is 5.41 Å². The van der Waals surface area contributed by atoms with Crippen LogP contribution in [-0.2, 0) is 0 Å². The number of amidine groups is 1. The number of hydrogen-bond donors (Lipinski definition) is 1. The van der Waals surface area contributed by atoms with Gasteiger partial charge in [-0.05, 0) is 31.2 Å². The SMILES string of the molecule is Cc1ccc(N(C)C(=N)Oc2ccccc2)cc1. The van der Waals surface area contributed by atoms with Crippen LogP contribution in [0.2, 0.25) is 0 Å². The van der Waals surface area contributed by atoms with Gasteiger partial charge in [0.15, 0.2) is 0 Å². The summed E-state index contributed by atoms with van der Waals surface area (Å²) in [6, 6.07) is 17.4. The highest BCUT2D eigenvalue weighted by Crippen LogP contribution is 2.16.